The SMILES string of the molecule is C[C@H](O)C(=O)[C@@]1(C)CCC2C3CC=C4CC(=O)CCC4=C3CC[C@@]21C. The average Bonchev–Trinajstić information content (AvgIpc) is 2.86. The van der Waals surface area contributed by atoms with E-state index in [1.54, 1.807) is 12.5 Å². The molecule has 0 spiro atoms. The van der Waals surface area contributed by atoms with Crippen molar-refractivity contribution in [2.45, 2.75) is 78.2 Å². The fraction of sp³-hybridized carbons (Fsp3) is 0.727. The van der Waals surface area contributed by atoms with E-state index in [2.05, 4.69) is 19.9 Å². The van der Waals surface area contributed by atoms with Crippen molar-refractivity contribution >= 4 is 11.6 Å². The molecule has 0 bridgehead atoms. The molecule has 4 aliphatic carbocycles. The van der Waals surface area contributed by atoms with Crippen LogP contribution < -0.4 is 0 Å². The van der Waals surface area contributed by atoms with Crippen LogP contribution in [0, 0.1) is 22.7 Å². The van der Waals surface area contributed by atoms with Crippen LogP contribution in [0.5, 0.6) is 0 Å². The molecule has 0 radical (unpaired) electrons. The second-order valence-electron chi connectivity index (χ2n) is 9.23. The molecule has 0 aromatic carbocycles. The zero-order chi connectivity index (χ0) is 18.0. The van der Waals surface area contributed by atoms with Crippen LogP contribution >= 0.6 is 0 Å². The standard InChI is InChI=1S/C22H30O3/c1-13(23)20(25)22(3)11-9-19-18-6-4-14-12-15(24)5-7-16(14)17(18)8-10-21(19,22)2/h4,13,18-19,23H,5-12H2,1-3H3/t13-,18?,19?,21-,22+/m0/s1. The third-order valence-corrected chi connectivity index (χ3v) is 8.24. The Morgan fingerprint density at radius 2 is 2.00 bits per heavy atom. The van der Waals surface area contributed by atoms with Crippen LogP contribution in [0.1, 0.15) is 72.1 Å². The second kappa shape index (κ2) is 5.64. The highest BCUT2D eigenvalue weighted by atomic mass is 16.3. The van der Waals surface area contributed by atoms with Crippen LogP contribution in [-0.4, -0.2) is 22.8 Å². The first-order chi connectivity index (χ1) is 11.8. The normalized spacial score (nSPS) is 41.6. The van der Waals surface area contributed by atoms with E-state index in [-0.39, 0.29) is 11.2 Å². The molecule has 3 saturated carbocycles. The van der Waals surface area contributed by atoms with Crippen molar-refractivity contribution in [3.8, 4) is 0 Å². The molecule has 0 heterocycles. The highest BCUT2D eigenvalue weighted by Gasteiger charge is 2.62. The number of ketones is 2. The minimum atomic E-state index is -0.873. The number of Topliss-reactive ketones (excluding diaryl/α,β-unsaturated/α-hetero) is 2. The van der Waals surface area contributed by atoms with Gasteiger partial charge in [0.2, 0.25) is 0 Å². The fourth-order valence-electron chi connectivity index (χ4n) is 6.60. The molecule has 0 aromatic heterocycles. The molecule has 2 unspecified atom stereocenters. The Labute approximate surface area is 150 Å². The molecule has 3 fully saturated rings. The first-order valence-electron chi connectivity index (χ1n) is 9.93. The van der Waals surface area contributed by atoms with E-state index >= 15 is 0 Å². The van der Waals surface area contributed by atoms with E-state index < -0.39 is 11.5 Å². The van der Waals surface area contributed by atoms with Gasteiger partial charge < -0.3 is 5.11 Å². The zero-order valence-corrected chi connectivity index (χ0v) is 15.7. The lowest BCUT2D eigenvalue weighted by Crippen LogP contribution is -2.50. The molecule has 0 saturated heterocycles. The summed E-state index contributed by atoms with van der Waals surface area (Å²) >= 11 is 0. The maximum atomic E-state index is 12.8. The molecule has 0 amide bonds. The molecule has 136 valence electrons. The number of hydrogen-bond acceptors (Lipinski definition) is 3. The first kappa shape index (κ1) is 17.2. The zero-order valence-electron chi connectivity index (χ0n) is 15.7. The maximum Gasteiger partial charge on any atom is 0.167 e. The van der Waals surface area contributed by atoms with Crippen molar-refractivity contribution in [3.63, 3.8) is 0 Å². The van der Waals surface area contributed by atoms with Crippen LogP contribution in [0.4, 0.5) is 0 Å². The van der Waals surface area contributed by atoms with Gasteiger partial charge in [-0.3, -0.25) is 9.59 Å². The van der Waals surface area contributed by atoms with Crippen LogP contribution in [0.25, 0.3) is 0 Å². The summed E-state index contributed by atoms with van der Waals surface area (Å²) in [5, 5.41) is 9.96. The van der Waals surface area contributed by atoms with Crippen LogP contribution in [0.3, 0.4) is 0 Å². The molecular formula is C22H30O3. The number of allylic oxidation sites excluding steroid dienone is 4. The van der Waals surface area contributed by atoms with Gasteiger partial charge in [0, 0.05) is 18.3 Å². The first-order valence-corrected chi connectivity index (χ1v) is 9.93. The molecule has 1 N–H and O–H groups in total. The lowest BCUT2D eigenvalue weighted by atomic mass is 9.52. The largest absolute Gasteiger partial charge is 0.386 e. The molecule has 25 heavy (non-hydrogen) atoms. The Hall–Kier alpha value is -1.22. The van der Waals surface area contributed by atoms with Crippen molar-refractivity contribution < 1.29 is 14.7 Å². The van der Waals surface area contributed by atoms with E-state index in [0.29, 0.717) is 30.5 Å². The molecular weight excluding hydrogens is 312 g/mol. The smallest absolute Gasteiger partial charge is 0.167 e. The van der Waals surface area contributed by atoms with Gasteiger partial charge in [-0.25, -0.2) is 0 Å². The molecule has 0 aliphatic heterocycles. The second-order valence-corrected chi connectivity index (χ2v) is 9.23. The van der Waals surface area contributed by atoms with Crippen molar-refractivity contribution in [2.24, 2.45) is 22.7 Å². The van der Waals surface area contributed by atoms with Gasteiger partial charge >= 0.3 is 0 Å². The molecule has 3 heteroatoms. The van der Waals surface area contributed by atoms with E-state index in [0.717, 1.165) is 38.5 Å². The average molecular weight is 342 g/mol. The summed E-state index contributed by atoms with van der Waals surface area (Å²) in [6, 6.07) is 0. The van der Waals surface area contributed by atoms with Gasteiger partial charge in [-0.1, -0.05) is 25.5 Å². The summed E-state index contributed by atoms with van der Waals surface area (Å²) in [7, 11) is 0. The quantitative estimate of drug-likeness (QED) is 0.820. The minimum absolute atomic E-state index is 0.0222. The summed E-state index contributed by atoms with van der Waals surface area (Å²) in [4.78, 5) is 24.7. The van der Waals surface area contributed by atoms with Gasteiger partial charge in [0.15, 0.2) is 5.78 Å². The van der Waals surface area contributed by atoms with E-state index in [4.69, 9.17) is 0 Å². The summed E-state index contributed by atoms with van der Waals surface area (Å²) in [6.07, 6.45) is 8.78. The highest BCUT2D eigenvalue weighted by molar-refractivity contribution is 5.89. The fourth-order valence-corrected chi connectivity index (χ4v) is 6.60. The predicted octanol–water partition coefficient (Wildman–Crippen LogP) is 4.15. The van der Waals surface area contributed by atoms with Gasteiger partial charge in [0.1, 0.15) is 11.9 Å². The van der Waals surface area contributed by atoms with E-state index in [9.17, 15) is 14.7 Å². The van der Waals surface area contributed by atoms with Crippen molar-refractivity contribution in [1.29, 1.82) is 0 Å². The lowest BCUT2D eigenvalue weighted by Gasteiger charge is -2.52. The molecule has 5 atom stereocenters. The number of aliphatic hydroxyl groups is 1. The monoisotopic (exact) mass is 342 g/mol. The third kappa shape index (κ3) is 2.27. The van der Waals surface area contributed by atoms with Crippen molar-refractivity contribution in [1.82, 2.24) is 0 Å². The third-order valence-electron chi connectivity index (χ3n) is 8.24. The van der Waals surface area contributed by atoms with Crippen LogP contribution in [0.2, 0.25) is 0 Å². The Morgan fingerprint density at radius 3 is 2.72 bits per heavy atom. The van der Waals surface area contributed by atoms with Gasteiger partial charge in [0.25, 0.3) is 0 Å². The summed E-state index contributed by atoms with van der Waals surface area (Å²) in [5.41, 5.74) is 3.95. The van der Waals surface area contributed by atoms with Gasteiger partial charge in [-0.05, 0) is 73.8 Å². The van der Waals surface area contributed by atoms with Crippen molar-refractivity contribution in [2.75, 3.05) is 0 Å². The topological polar surface area (TPSA) is 54.4 Å². The Morgan fingerprint density at radius 1 is 1.24 bits per heavy atom. The number of rotatable bonds is 2. The van der Waals surface area contributed by atoms with E-state index in [1.807, 2.05) is 0 Å². The number of fused-ring (bicyclic) bond motifs is 4. The minimum Gasteiger partial charge on any atom is -0.386 e. The maximum absolute atomic E-state index is 12.8. The molecule has 4 aliphatic rings. The Balaban J connectivity index is 1.69. The summed E-state index contributed by atoms with van der Waals surface area (Å²) in [6.45, 7) is 6.02. The van der Waals surface area contributed by atoms with Gasteiger partial charge in [-0.15, -0.1) is 0 Å². The van der Waals surface area contributed by atoms with Crippen LogP contribution in [0.15, 0.2) is 22.8 Å². The molecule has 0 aromatic rings. The number of carbonyl (C=O) groups is 2. The summed E-state index contributed by atoms with van der Waals surface area (Å²) < 4.78 is 0. The Kier molecular flexibility index (Phi) is 3.88. The van der Waals surface area contributed by atoms with Gasteiger partial charge in [0.05, 0.1) is 0 Å². The number of carbonyl (C=O) groups excluding carboxylic acids is 2. The molecule has 4 rings (SSSR count). The molecule has 3 nitrogen and oxygen atoms in total. The van der Waals surface area contributed by atoms with Gasteiger partial charge in [-0.2, -0.15) is 0 Å². The highest BCUT2D eigenvalue weighted by Crippen LogP contribution is 2.66. The van der Waals surface area contributed by atoms with Crippen LogP contribution in [-0.2, 0) is 9.59 Å². The number of hydrogen-bond donors (Lipinski definition) is 1. The predicted molar refractivity (Wildman–Crippen MR) is 96.9 cm³/mol. The van der Waals surface area contributed by atoms with Crippen molar-refractivity contribution in [3.05, 3.63) is 22.8 Å². The number of aliphatic hydroxyl groups excluding tert-OH is 1. The van der Waals surface area contributed by atoms with E-state index in [1.165, 1.54) is 11.1 Å². The Bertz CT molecular complexity index is 698. The lowest BCUT2D eigenvalue weighted by molar-refractivity contribution is -0.144. The summed E-state index contributed by atoms with van der Waals surface area (Å²) in [5.74, 6) is 1.47.